The average Bonchev–Trinajstić information content (AvgIpc) is 3.22. The molecule has 1 atom stereocenters. The Morgan fingerprint density at radius 1 is 1.26 bits per heavy atom. The molecule has 3 aromatic rings. The van der Waals surface area contributed by atoms with Gasteiger partial charge in [0.2, 0.25) is 5.95 Å². The van der Waals surface area contributed by atoms with Gasteiger partial charge in [0.1, 0.15) is 18.1 Å². The number of hydrogen-bond acceptors (Lipinski definition) is 7. The zero-order valence-electron chi connectivity index (χ0n) is 16.9. The predicted octanol–water partition coefficient (Wildman–Crippen LogP) is 3.51. The number of para-hydroxylation sites is 2. The fourth-order valence-electron chi connectivity index (χ4n) is 3.51. The molecule has 0 radical (unpaired) electrons. The second-order valence-electron chi connectivity index (χ2n) is 6.83. The van der Waals surface area contributed by atoms with Crippen molar-refractivity contribution in [3.05, 3.63) is 81.8 Å². The summed E-state index contributed by atoms with van der Waals surface area (Å²) in [7, 11) is 0. The molecule has 0 saturated heterocycles. The van der Waals surface area contributed by atoms with Crippen LogP contribution in [0.2, 0.25) is 0 Å². The van der Waals surface area contributed by atoms with Crippen molar-refractivity contribution in [2.75, 3.05) is 17.2 Å². The van der Waals surface area contributed by atoms with Gasteiger partial charge in [0, 0.05) is 17.8 Å². The number of allylic oxidation sites excluding steroid dienone is 1. The van der Waals surface area contributed by atoms with Gasteiger partial charge in [-0.15, -0.1) is 0 Å². The third-order valence-electron chi connectivity index (χ3n) is 4.89. The van der Waals surface area contributed by atoms with E-state index >= 15 is 0 Å². The van der Waals surface area contributed by atoms with Gasteiger partial charge in [0.15, 0.2) is 0 Å². The molecule has 0 fully saturated rings. The Hall–Kier alpha value is -4.21. The summed E-state index contributed by atoms with van der Waals surface area (Å²) in [5.41, 5.74) is 2.20. The maximum atomic E-state index is 13.4. The first kappa shape index (κ1) is 20.1. The van der Waals surface area contributed by atoms with Crippen LogP contribution in [0.5, 0.6) is 5.75 Å². The number of benzene rings is 2. The van der Waals surface area contributed by atoms with Gasteiger partial charge in [0.05, 0.1) is 22.8 Å². The Labute approximate surface area is 177 Å². The molecule has 158 valence electrons. The molecular formula is C21H20N6O4. The minimum Gasteiger partial charge on any atom is -0.492 e. The fraction of sp³-hybridized carbons (Fsp3) is 0.190. The van der Waals surface area contributed by atoms with Crippen molar-refractivity contribution in [2.45, 2.75) is 19.9 Å². The summed E-state index contributed by atoms with van der Waals surface area (Å²) in [6, 6.07) is 12.6. The Morgan fingerprint density at radius 3 is 2.71 bits per heavy atom. The molecule has 0 saturated carbocycles. The van der Waals surface area contributed by atoms with E-state index in [0.717, 1.165) is 0 Å². The molecular weight excluding hydrogens is 400 g/mol. The molecule has 1 amide bonds. The van der Waals surface area contributed by atoms with Crippen LogP contribution >= 0.6 is 0 Å². The van der Waals surface area contributed by atoms with E-state index in [0.29, 0.717) is 40.8 Å². The molecule has 0 bridgehead atoms. The molecule has 0 spiro atoms. The molecule has 10 nitrogen and oxygen atoms in total. The van der Waals surface area contributed by atoms with Crippen LogP contribution in [0, 0.1) is 10.1 Å². The van der Waals surface area contributed by atoms with Crippen LogP contribution in [-0.4, -0.2) is 32.2 Å². The number of nitrogens with zero attached hydrogens (tertiary/aromatic N) is 4. The summed E-state index contributed by atoms with van der Waals surface area (Å²) in [6.07, 6.45) is 1.39. The zero-order chi connectivity index (χ0) is 22.0. The first-order valence-corrected chi connectivity index (χ1v) is 9.64. The molecule has 10 heteroatoms. The van der Waals surface area contributed by atoms with E-state index in [-0.39, 0.29) is 11.6 Å². The number of non-ortho nitro benzene ring substituents is 1. The molecule has 0 aliphatic carbocycles. The van der Waals surface area contributed by atoms with E-state index in [4.69, 9.17) is 4.74 Å². The van der Waals surface area contributed by atoms with Crippen LogP contribution < -0.4 is 15.4 Å². The quantitative estimate of drug-likeness (QED) is 0.462. The van der Waals surface area contributed by atoms with Crippen molar-refractivity contribution >= 4 is 23.2 Å². The van der Waals surface area contributed by atoms with Crippen molar-refractivity contribution in [3.63, 3.8) is 0 Å². The van der Waals surface area contributed by atoms with Gasteiger partial charge in [-0.2, -0.15) is 10.1 Å². The lowest BCUT2D eigenvalue weighted by atomic mass is 9.95. The highest BCUT2D eigenvalue weighted by Crippen LogP contribution is 2.36. The van der Waals surface area contributed by atoms with Gasteiger partial charge in [-0.3, -0.25) is 14.9 Å². The fourth-order valence-corrected chi connectivity index (χ4v) is 3.51. The van der Waals surface area contributed by atoms with Crippen molar-refractivity contribution in [1.82, 2.24) is 14.8 Å². The highest BCUT2D eigenvalue weighted by molar-refractivity contribution is 6.06. The molecule has 2 N–H and O–H groups in total. The summed E-state index contributed by atoms with van der Waals surface area (Å²) >= 11 is 0. The molecule has 1 unspecified atom stereocenters. The second kappa shape index (κ2) is 8.27. The minimum atomic E-state index is -0.612. The van der Waals surface area contributed by atoms with E-state index in [2.05, 4.69) is 20.7 Å². The number of carbonyl (C=O) groups is 1. The summed E-state index contributed by atoms with van der Waals surface area (Å²) in [5, 5.41) is 21.3. The summed E-state index contributed by atoms with van der Waals surface area (Å²) < 4.78 is 7.19. The Bertz CT molecular complexity index is 1170. The van der Waals surface area contributed by atoms with E-state index in [9.17, 15) is 14.9 Å². The predicted molar refractivity (Wildman–Crippen MR) is 114 cm³/mol. The van der Waals surface area contributed by atoms with Crippen molar-refractivity contribution in [3.8, 4) is 5.75 Å². The van der Waals surface area contributed by atoms with Gasteiger partial charge in [-0.25, -0.2) is 4.68 Å². The Balaban J connectivity index is 1.74. The van der Waals surface area contributed by atoms with Gasteiger partial charge >= 0.3 is 0 Å². The lowest BCUT2D eigenvalue weighted by molar-refractivity contribution is -0.384. The number of aromatic nitrogens is 3. The number of nitrogens with one attached hydrogen (secondary N) is 2. The number of rotatable bonds is 6. The van der Waals surface area contributed by atoms with Crippen LogP contribution in [0.4, 0.5) is 17.3 Å². The number of nitro groups is 1. The summed E-state index contributed by atoms with van der Waals surface area (Å²) in [4.78, 5) is 28.2. The first-order valence-electron chi connectivity index (χ1n) is 9.64. The van der Waals surface area contributed by atoms with Crippen LogP contribution in [0.3, 0.4) is 0 Å². The highest BCUT2D eigenvalue weighted by Gasteiger charge is 2.33. The van der Waals surface area contributed by atoms with Gasteiger partial charge in [0.25, 0.3) is 11.6 Å². The summed E-state index contributed by atoms with van der Waals surface area (Å²) in [5.74, 6) is 0.697. The monoisotopic (exact) mass is 420 g/mol. The molecule has 2 heterocycles. The Morgan fingerprint density at radius 2 is 2.00 bits per heavy atom. The number of nitro benzene ring substituents is 1. The van der Waals surface area contributed by atoms with E-state index in [1.807, 2.05) is 19.1 Å². The molecule has 1 aromatic heterocycles. The van der Waals surface area contributed by atoms with Crippen LogP contribution in [0.15, 0.2) is 66.1 Å². The van der Waals surface area contributed by atoms with Crippen LogP contribution in [-0.2, 0) is 4.79 Å². The normalized spacial score (nSPS) is 15.1. The number of amides is 1. The largest absolute Gasteiger partial charge is 0.492 e. The van der Waals surface area contributed by atoms with Crippen molar-refractivity contribution in [2.24, 2.45) is 0 Å². The maximum absolute atomic E-state index is 13.4. The van der Waals surface area contributed by atoms with Crippen LogP contribution in [0.25, 0.3) is 0 Å². The molecule has 1 aliphatic rings. The minimum absolute atomic E-state index is 0.0335. The number of fused-ring (bicyclic) bond motifs is 1. The topological polar surface area (TPSA) is 124 Å². The molecule has 1 aliphatic heterocycles. The molecule has 31 heavy (non-hydrogen) atoms. The Kier molecular flexibility index (Phi) is 5.35. The number of ether oxygens (including phenoxy) is 1. The SMILES string of the molecule is CCOc1ccccc1NC(=O)C1=C(C)Nc2ncnn2C1c1ccc([N+](=O)[O-])cc1. The maximum Gasteiger partial charge on any atom is 0.269 e. The van der Waals surface area contributed by atoms with E-state index < -0.39 is 11.0 Å². The third-order valence-corrected chi connectivity index (χ3v) is 4.89. The third kappa shape index (κ3) is 3.82. The molecule has 4 rings (SSSR count). The second-order valence-corrected chi connectivity index (χ2v) is 6.83. The van der Waals surface area contributed by atoms with Gasteiger partial charge in [-0.1, -0.05) is 12.1 Å². The van der Waals surface area contributed by atoms with Crippen LogP contribution in [0.1, 0.15) is 25.5 Å². The van der Waals surface area contributed by atoms with E-state index in [1.54, 1.807) is 35.9 Å². The van der Waals surface area contributed by atoms with Crippen molar-refractivity contribution < 1.29 is 14.5 Å². The van der Waals surface area contributed by atoms with Gasteiger partial charge in [-0.05, 0) is 43.7 Å². The lowest BCUT2D eigenvalue weighted by Crippen LogP contribution is -2.31. The first-order chi connectivity index (χ1) is 15.0. The van der Waals surface area contributed by atoms with Crippen molar-refractivity contribution in [1.29, 1.82) is 0 Å². The zero-order valence-corrected chi connectivity index (χ0v) is 16.9. The average molecular weight is 420 g/mol. The smallest absolute Gasteiger partial charge is 0.269 e. The van der Waals surface area contributed by atoms with E-state index in [1.165, 1.54) is 18.5 Å². The standard InChI is InChI=1S/C21H20N6O4/c1-3-31-17-7-5-4-6-16(17)25-20(28)18-13(2)24-21-22-12-23-26(21)19(18)14-8-10-15(11-9-14)27(29)30/h4-12,19H,3H2,1-2H3,(H,25,28)(H,22,23,24). The highest BCUT2D eigenvalue weighted by atomic mass is 16.6. The number of carbonyl (C=O) groups excluding carboxylic acids is 1. The summed E-state index contributed by atoms with van der Waals surface area (Å²) in [6.45, 7) is 4.11. The lowest BCUT2D eigenvalue weighted by Gasteiger charge is -2.28. The van der Waals surface area contributed by atoms with Gasteiger partial charge < -0.3 is 15.4 Å². The number of anilines is 2. The molecule has 2 aromatic carbocycles. The number of hydrogen-bond donors (Lipinski definition) is 2.